The third kappa shape index (κ3) is 6.08. The van der Waals surface area contributed by atoms with Crippen LogP contribution in [0.15, 0.2) is 42.5 Å². The fraction of sp³-hybridized carbons (Fsp3) is 0.364. The lowest BCUT2D eigenvalue weighted by atomic mass is 10.2. The molecule has 1 saturated heterocycles. The Balaban J connectivity index is 0.00000272. The Morgan fingerprint density at radius 3 is 2.74 bits per heavy atom. The minimum atomic E-state index is -0.116. The van der Waals surface area contributed by atoms with Gasteiger partial charge in [-0.05, 0) is 36.8 Å². The highest BCUT2D eigenvalue weighted by Gasteiger charge is 2.22. The third-order valence-corrected chi connectivity index (χ3v) is 6.26. The van der Waals surface area contributed by atoms with Gasteiger partial charge < -0.3 is 9.47 Å². The summed E-state index contributed by atoms with van der Waals surface area (Å²) in [6, 6.07) is 13.2. The number of aromatic nitrogens is 1. The van der Waals surface area contributed by atoms with Crippen molar-refractivity contribution >= 4 is 56.6 Å². The molecule has 0 saturated carbocycles. The number of carbonyl (C=O) groups is 1. The van der Waals surface area contributed by atoms with Crippen LogP contribution in [0.25, 0.3) is 10.2 Å². The van der Waals surface area contributed by atoms with E-state index in [1.54, 1.807) is 4.90 Å². The minimum Gasteiger partial charge on any atom is -0.484 e. The number of hydrogen-bond donors (Lipinski definition) is 0. The van der Waals surface area contributed by atoms with E-state index in [9.17, 15) is 4.79 Å². The van der Waals surface area contributed by atoms with Gasteiger partial charge in [-0.2, -0.15) is 0 Å². The van der Waals surface area contributed by atoms with Gasteiger partial charge in [0, 0.05) is 31.2 Å². The van der Waals surface area contributed by atoms with Crippen LogP contribution in [0, 0.1) is 6.92 Å². The summed E-state index contributed by atoms with van der Waals surface area (Å²) in [4.78, 5) is 21.9. The zero-order valence-corrected chi connectivity index (χ0v) is 19.6. The van der Waals surface area contributed by atoms with Crippen LogP contribution >= 0.6 is 35.3 Å². The molecule has 0 atom stereocenters. The number of ether oxygens (including phenoxy) is 2. The second-order valence-electron chi connectivity index (χ2n) is 7.17. The molecule has 4 rings (SSSR count). The molecule has 1 fully saturated rings. The predicted octanol–water partition coefficient (Wildman–Crippen LogP) is 4.42. The van der Waals surface area contributed by atoms with Gasteiger partial charge >= 0.3 is 0 Å². The Bertz CT molecular complexity index is 1010. The van der Waals surface area contributed by atoms with Crippen LogP contribution in [0.1, 0.15) is 5.56 Å². The lowest BCUT2D eigenvalue weighted by Crippen LogP contribution is -2.44. The Hall–Kier alpha value is -1.90. The first-order valence-electron chi connectivity index (χ1n) is 9.95. The number of amides is 1. The SMILES string of the molecule is Cc1cc(Cl)cc2sc(N(CCN3CCOCC3)C(=O)COc3ccccc3)nc12.Cl. The number of rotatable bonds is 7. The standard InChI is InChI=1S/C22H24ClN3O3S.ClH/c1-16-13-17(23)14-19-21(16)24-22(30-19)26(8-7-25-9-11-28-12-10-25)20(27)15-29-18-5-3-2-4-6-18;/h2-6,13-14H,7-12,15H2,1H3;1H. The lowest BCUT2D eigenvalue weighted by Gasteiger charge is -2.29. The summed E-state index contributed by atoms with van der Waals surface area (Å²) in [6.07, 6.45) is 0. The zero-order chi connectivity index (χ0) is 20.9. The van der Waals surface area contributed by atoms with Crippen LogP contribution in [-0.4, -0.2) is 61.8 Å². The van der Waals surface area contributed by atoms with E-state index in [0.29, 0.717) is 22.4 Å². The number of aryl methyl sites for hydroxylation is 1. The van der Waals surface area contributed by atoms with Crippen molar-refractivity contribution < 1.29 is 14.3 Å². The van der Waals surface area contributed by atoms with E-state index in [0.717, 1.165) is 48.6 Å². The quantitative estimate of drug-likeness (QED) is 0.499. The van der Waals surface area contributed by atoms with Crippen molar-refractivity contribution in [3.8, 4) is 5.75 Å². The number of para-hydroxylation sites is 1. The van der Waals surface area contributed by atoms with Gasteiger partial charge in [-0.3, -0.25) is 14.6 Å². The number of benzene rings is 2. The number of fused-ring (bicyclic) bond motifs is 1. The van der Waals surface area contributed by atoms with Crippen molar-refractivity contribution in [2.75, 3.05) is 50.9 Å². The number of morpholine rings is 1. The van der Waals surface area contributed by atoms with Crippen molar-refractivity contribution in [2.24, 2.45) is 0 Å². The zero-order valence-electron chi connectivity index (χ0n) is 17.3. The summed E-state index contributed by atoms with van der Waals surface area (Å²) < 4.78 is 12.1. The van der Waals surface area contributed by atoms with E-state index in [2.05, 4.69) is 4.90 Å². The van der Waals surface area contributed by atoms with Gasteiger partial charge in [-0.25, -0.2) is 4.98 Å². The number of hydrogen-bond acceptors (Lipinski definition) is 6. The summed E-state index contributed by atoms with van der Waals surface area (Å²) in [5.74, 6) is 0.556. The van der Waals surface area contributed by atoms with Gasteiger partial charge in [0.15, 0.2) is 11.7 Å². The molecule has 1 aromatic heterocycles. The van der Waals surface area contributed by atoms with Crippen LogP contribution in [0.3, 0.4) is 0 Å². The van der Waals surface area contributed by atoms with Crippen LogP contribution in [-0.2, 0) is 9.53 Å². The molecule has 31 heavy (non-hydrogen) atoms. The summed E-state index contributed by atoms with van der Waals surface area (Å²) in [6.45, 7) is 6.45. The molecule has 1 aliphatic rings. The van der Waals surface area contributed by atoms with Gasteiger partial charge in [0.1, 0.15) is 5.75 Å². The summed E-state index contributed by atoms with van der Waals surface area (Å²) in [5, 5.41) is 1.35. The topological polar surface area (TPSA) is 54.9 Å². The molecule has 1 amide bonds. The highest BCUT2D eigenvalue weighted by atomic mass is 35.5. The highest BCUT2D eigenvalue weighted by Crippen LogP contribution is 2.33. The Kier molecular flexibility index (Phi) is 8.51. The van der Waals surface area contributed by atoms with Crippen LogP contribution in [0.4, 0.5) is 5.13 Å². The van der Waals surface area contributed by atoms with Crippen molar-refractivity contribution in [1.82, 2.24) is 9.88 Å². The minimum absolute atomic E-state index is 0. The first-order chi connectivity index (χ1) is 14.6. The predicted molar refractivity (Wildman–Crippen MR) is 128 cm³/mol. The summed E-state index contributed by atoms with van der Waals surface area (Å²) >= 11 is 7.70. The van der Waals surface area contributed by atoms with Gasteiger partial charge in [0.2, 0.25) is 0 Å². The second kappa shape index (κ2) is 11.1. The lowest BCUT2D eigenvalue weighted by molar-refractivity contribution is -0.120. The molecule has 9 heteroatoms. The molecule has 3 aromatic rings. The van der Waals surface area contributed by atoms with Gasteiger partial charge in [0.25, 0.3) is 5.91 Å². The molecule has 2 aromatic carbocycles. The van der Waals surface area contributed by atoms with Crippen molar-refractivity contribution in [3.05, 3.63) is 53.1 Å². The molecular formula is C22H25Cl2N3O3S. The fourth-order valence-corrected chi connectivity index (χ4v) is 4.85. The van der Waals surface area contributed by atoms with Gasteiger partial charge in [0.05, 0.1) is 23.4 Å². The molecular weight excluding hydrogens is 457 g/mol. The average molecular weight is 482 g/mol. The molecule has 0 aliphatic carbocycles. The van der Waals surface area contributed by atoms with E-state index in [1.165, 1.54) is 11.3 Å². The van der Waals surface area contributed by atoms with Gasteiger partial charge in [-0.15, -0.1) is 12.4 Å². The molecule has 1 aliphatic heterocycles. The molecule has 0 bridgehead atoms. The number of anilines is 1. The molecule has 6 nitrogen and oxygen atoms in total. The first kappa shape index (κ1) is 23.8. The Labute approximate surface area is 197 Å². The van der Waals surface area contributed by atoms with Crippen LogP contribution < -0.4 is 9.64 Å². The third-order valence-electron chi connectivity index (χ3n) is 5.02. The molecule has 2 heterocycles. The van der Waals surface area contributed by atoms with E-state index in [-0.39, 0.29) is 24.9 Å². The maximum Gasteiger partial charge on any atom is 0.266 e. The van der Waals surface area contributed by atoms with E-state index >= 15 is 0 Å². The normalized spacial score (nSPS) is 14.3. The highest BCUT2D eigenvalue weighted by molar-refractivity contribution is 7.22. The van der Waals surface area contributed by atoms with E-state index < -0.39 is 0 Å². The Morgan fingerprint density at radius 2 is 2.00 bits per heavy atom. The smallest absolute Gasteiger partial charge is 0.266 e. The molecule has 0 N–H and O–H groups in total. The van der Waals surface area contributed by atoms with Crippen LogP contribution in [0.2, 0.25) is 5.02 Å². The fourth-order valence-electron chi connectivity index (χ4n) is 3.39. The van der Waals surface area contributed by atoms with Crippen molar-refractivity contribution in [1.29, 1.82) is 0 Å². The molecule has 0 spiro atoms. The maximum atomic E-state index is 13.1. The summed E-state index contributed by atoms with van der Waals surface area (Å²) in [7, 11) is 0. The number of nitrogens with zero attached hydrogens (tertiary/aromatic N) is 3. The Morgan fingerprint density at radius 1 is 1.26 bits per heavy atom. The van der Waals surface area contributed by atoms with Crippen molar-refractivity contribution in [2.45, 2.75) is 6.92 Å². The van der Waals surface area contributed by atoms with Crippen LogP contribution in [0.5, 0.6) is 5.75 Å². The molecule has 0 radical (unpaired) electrons. The molecule has 0 unspecified atom stereocenters. The maximum absolute atomic E-state index is 13.1. The number of thiazole rings is 1. The second-order valence-corrected chi connectivity index (χ2v) is 8.61. The number of carbonyl (C=O) groups excluding carboxylic acids is 1. The largest absolute Gasteiger partial charge is 0.484 e. The van der Waals surface area contributed by atoms with Crippen molar-refractivity contribution in [3.63, 3.8) is 0 Å². The number of halogens is 2. The average Bonchev–Trinajstić information content (AvgIpc) is 3.18. The van der Waals surface area contributed by atoms with E-state index in [1.807, 2.05) is 49.4 Å². The van der Waals surface area contributed by atoms with Gasteiger partial charge in [-0.1, -0.05) is 41.1 Å². The van der Waals surface area contributed by atoms with E-state index in [4.69, 9.17) is 26.1 Å². The summed E-state index contributed by atoms with van der Waals surface area (Å²) in [5.41, 5.74) is 1.88. The first-order valence-corrected chi connectivity index (χ1v) is 11.1. The molecule has 166 valence electrons. The monoisotopic (exact) mass is 481 g/mol.